The van der Waals surface area contributed by atoms with Gasteiger partial charge in [0.1, 0.15) is 13.2 Å². The molecule has 4 nitrogen and oxygen atoms in total. The summed E-state index contributed by atoms with van der Waals surface area (Å²) in [7, 11) is 0. The number of aliphatic carboxylic acids is 1. The van der Waals surface area contributed by atoms with Crippen molar-refractivity contribution in [1.82, 2.24) is 0 Å². The third-order valence-electron chi connectivity index (χ3n) is 1.98. The summed E-state index contributed by atoms with van der Waals surface area (Å²) in [6.45, 7) is 1.06. The zero-order valence-electron chi connectivity index (χ0n) is 8.93. The average molecular weight is 228 g/mol. The number of fused-ring (bicyclic) bond motifs is 1. The number of carbonyl (C=O) groups is 1. The molecule has 2 rings (SSSR count). The van der Waals surface area contributed by atoms with Crippen molar-refractivity contribution in [3.05, 3.63) is 29.8 Å². The van der Waals surface area contributed by atoms with Gasteiger partial charge in [0.15, 0.2) is 11.5 Å². The Hall–Kier alpha value is -0.970. The Kier molecular flexibility index (Phi) is 4.86. The van der Waals surface area contributed by atoms with E-state index in [9.17, 15) is 9.90 Å². The van der Waals surface area contributed by atoms with Crippen LogP contribution in [0.15, 0.2) is 24.3 Å². The normalized spacial score (nSPS) is 13.2. The second kappa shape index (κ2) is 5.94. The van der Waals surface area contributed by atoms with Gasteiger partial charge in [0.25, 0.3) is 0 Å². The molecule has 0 spiro atoms. The van der Waals surface area contributed by atoms with Gasteiger partial charge in [-0.25, -0.2) is 0 Å². The third kappa shape index (κ3) is 3.27. The molecule has 0 aromatic heterocycles. The third-order valence-corrected chi connectivity index (χ3v) is 1.98. The van der Waals surface area contributed by atoms with Gasteiger partial charge in [-0.05, 0) is 23.8 Å². The van der Waals surface area contributed by atoms with E-state index in [1.807, 2.05) is 0 Å². The summed E-state index contributed by atoms with van der Waals surface area (Å²) in [5.74, 6) is 0.110. The molecule has 1 aromatic carbocycles. The van der Waals surface area contributed by atoms with Crippen molar-refractivity contribution in [2.45, 2.75) is 0 Å². The summed E-state index contributed by atoms with van der Waals surface area (Å²) < 4.78 is 10.7. The van der Waals surface area contributed by atoms with Crippen LogP contribution >= 0.6 is 0 Å². The summed E-state index contributed by atoms with van der Waals surface area (Å²) >= 11 is 0. The Balaban J connectivity index is 0.00000128. The van der Waals surface area contributed by atoms with Gasteiger partial charge in [-0.1, -0.05) is 12.1 Å². The molecule has 78 valence electrons. The molecule has 0 amide bonds. The topological polar surface area (TPSA) is 58.6 Å². The van der Waals surface area contributed by atoms with Gasteiger partial charge in [0.2, 0.25) is 0 Å². The smallest absolute Gasteiger partial charge is 0.545 e. The Labute approximate surface area is 115 Å². The molecule has 0 aliphatic carbocycles. The van der Waals surface area contributed by atoms with E-state index in [0.717, 1.165) is 11.6 Å². The first-order chi connectivity index (χ1) is 7.25. The van der Waals surface area contributed by atoms with E-state index in [1.54, 1.807) is 18.2 Å². The van der Waals surface area contributed by atoms with Crippen LogP contribution in [0.1, 0.15) is 5.56 Å². The Morgan fingerprint density at radius 2 is 1.94 bits per heavy atom. The van der Waals surface area contributed by atoms with Gasteiger partial charge in [0, 0.05) is 0 Å². The van der Waals surface area contributed by atoms with Crippen LogP contribution in [0.2, 0.25) is 0 Å². The van der Waals surface area contributed by atoms with Crippen molar-refractivity contribution in [3.63, 3.8) is 0 Å². The molecule has 0 unspecified atom stereocenters. The largest absolute Gasteiger partial charge is 1.00 e. The monoisotopic (exact) mass is 228 g/mol. The van der Waals surface area contributed by atoms with E-state index in [4.69, 9.17) is 9.47 Å². The number of carbonyl (C=O) groups excluding carboxylic acids is 1. The minimum absolute atomic E-state index is 0. The maximum absolute atomic E-state index is 10.2. The molecule has 0 bridgehead atoms. The van der Waals surface area contributed by atoms with Gasteiger partial charge in [-0.3, -0.25) is 0 Å². The molecule has 0 N–H and O–H groups in total. The van der Waals surface area contributed by atoms with E-state index in [1.165, 1.54) is 6.08 Å². The van der Waals surface area contributed by atoms with Crippen LogP contribution in [0.5, 0.6) is 11.5 Å². The van der Waals surface area contributed by atoms with Crippen LogP contribution in [-0.4, -0.2) is 19.2 Å². The van der Waals surface area contributed by atoms with Crippen LogP contribution in [0.4, 0.5) is 0 Å². The molecular formula is C11H9NaO4. The van der Waals surface area contributed by atoms with Crippen molar-refractivity contribution in [3.8, 4) is 11.5 Å². The quantitative estimate of drug-likeness (QED) is 0.406. The first kappa shape index (κ1) is 13.1. The number of rotatable bonds is 2. The predicted octanol–water partition coefficient (Wildman–Crippen LogP) is -2.78. The zero-order valence-corrected chi connectivity index (χ0v) is 10.9. The number of carboxylic acids is 1. The summed E-state index contributed by atoms with van der Waals surface area (Å²) in [4.78, 5) is 10.2. The standard InChI is InChI=1S/C11H10O4.Na/c12-11(13)4-2-8-1-3-9-10(7-8)15-6-5-14-9;/h1-4,7H,5-6H2,(H,12,13);/q;+1/p-1/b4-2+;. The predicted molar refractivity (Wildman–Crippen MR) is 51.5 cm³/mol. The van der Waals surface area contributed by atoms with Gasteiger partial charge in [-0.2, -0.15) is 0 Å². The molecule has 16 heavy (non-hydrogen) atoms. The zero-order chi connectivity index (χ0) is 10.7. The fourth-order valence-electron chi connectivity index (χ4n) is 1.33. The second-order valence-corrected chi connectivity index (χ2v) is 3.06. The van der Waals surface area contributed by atoms with E-state index in [-0.39, 0.29) is 29.6 Å². The molecule has 5 heteroatoms. The van der Waals surface area contributed by atoms with Crippen molar-refractivity contribution in [2.24, 2.45) is 0 Å². The summed E-state index contributed by atoms with van der Waals surface area (Å²) in [6, 6.07) is 5.24. The Bertz CT molecular complexity index is 414. The van der Waals surface area contributed by atoms with E-state index < -0.39 is 5.97 Å². The minimum atomic E-state index is -1.22. The molecule has 1 heterocycles. The number of hydrogen-bond donors (Lipinski definition) is 0. The second-order valence-electron chi connectivity index (χ2n) is 3.06. The maximum Gasteiger partial charge on any atom is 1.00 e. The minimum Gasteiger partial charge on any atom is -0.545 e. The van der Waals surface area contributed by atoms with Crippen molar-refractivity contribution < 1.29 is 48.9 Å². The summed E-state index contributed by atoms with van der Waals surface area (Å²) in [6.07, 6.45) is 2.43. The Morgan fingerprint density at radius 3 is 2.62 bits per heavy atom. The van der Waals surface area contributed by atoms with Crippen LogP contribution < -0.4 is 44.1 Å². The fraction of sp³-hybridized carbons (Fsp3) is 0.182. The summed E-state index contributed by atoms with van der Waals surface area (Å²) in [5.41, 5.74) is 0.739. The fourth-order valence-corrected chi connectivity index (χ4v) is 1.33. The van der Waals surface area contributed by atoms with Crippen molar-refractivity contribution >= 4 is 12.0 Å². The van der Waals surface area contributed by atoms with Crippen molar-refractivity contribution in [1.29, 1.82) is 0 Å². The first-order valence-corrected chi connectivity index (χ1v) is 4.54. The SMILES string of the molecule is O=C([O-])/C=C/c1ccc2c(c1)OCCO2.[Na+]. The number of hydrogen-bond acceptors (Lipinski definition) is 4. The van der Waals surface area contributed by atoms with E-state index in [0.29, 0.717) is 24.7 Å². The molecule has 1 aliphatic heterocycles. The number of ether oxygens (including phenoxy) is 2. The molecule has 1 aromatic rings. The van der Waals surface area contributed by atoms with Crippen LogP contribution in [0.3, 0.4) is 0 Å². The molecule has 1 aliphatic rings. The maximum atomic E-state index is 10.2. The van der Waals surface area contributed by atoms with Gasteiger partial charge >= 0.3 is 29.6 Å². The number of benzene rings is 1. The van der Waals surface area contributed by atoms with Gasteiger partial charge in [-0.15, -0.1) is 0 Å². The van der Waals surface area contributed by atoms with Gasteiger partial charge < -0.3 is 19.4 Å². The van der Waals surface area contributed by atoms with E-state index in [2.05, 4.69) is 0 Å². The Morgan fingerprint density at radius 1 is 1.25 bits per heavy atom. The van der Waals surface area contributed by atoms with Crippen LogP contribution in [0.25, 0.3) is 6.08 Å². The molecule has 0 radical (unpaired) electrons. The van der Waals surface area contributed by atoms with Crippen molar-refractivity contribution in [2.75, 3.05) is 13.2 Å². The number of carboxylic acid groups (broad SMARTS) is 1. The molecule has 0 atom stereocenters. The molecule has 0 fully saturated rings. The molecule has 0 saturated carbocycles. The molecular weight excluding hydrogens is 219 g/mol. The average Bonchev–Trinajstić information content (AvgIpc) is 2.26. The summed E-state index contributed by atoms with van der Waals surface area (Å²) in [5, 5.41) is 10.2. The van der Waals surface area contributed by atoms with Gasteiger partial charge in [0.05, 0.1) is 5.97 Å². The first-order valence-electron chi connectivity index (χ1n) is 4.54. The van der Waals surface area contributed by atoms with E-state index >= 15 is 0 Å². The van der Waals surface area contributed by atoms with Crippen LogP contribution in [0, 0.1) is 0 Å². The van der Waals surface area contributed by atoms with Crippen LogP contribution in [-0.2, 0) is 4.79 Å². The molecule has 0 saturated heterocycles.